The molecule has 1 unspecified atom stereocenters. The summed E-state index contributed by atoms with van der Waals surface area (Å²) in [6.07, 6.45) is 4.31. The maximum absolute atomic E-state index is 12.9. The number of imidazole rings is 1. The summed E-state index contributed by atoms with van der Waals surface area (Å²) in [6.45, 7) is 4.62. The molecule has 0 spiro atoms. The second-order valence-electron chi connectivity index (χ2n) is 7.80. The Hall–Kier alpha value is -3.10. The van der Waals surface area contributed by atoms with Crippen molar-refractivity contribution in [2.24, 2.45) is 0 Å². The highest BCUT2D eigenvalue weighted by Gasteiger charge is 2.18. The molecule has 2 aromatic heterocycles. The van der Waals surface area contributed by atoms with Gasteiger partial charge in [0.2, 0.25) is 0 Å². The average Bonchev–Trinajstić information content (AvgIpc) is 3.10. The van der Waals surface area contributed by atoms with Crippen LogP contribution in [-0.4, -0.2) is 40.1 Å². The lowest BCUT2D eigenvalue weighted by Gasteiger charge is -2.24. The van der Waals surface area contributed by atoms with Gasteiger partial charge in [-0.3, -0.25) is 18.3 Å². The molecule has 0 radical (unpaired) electrons. The van der Waals surface area contributed by atoms with Gasteiger partial charge in [0.25, 0.3) is 5.91 Å². The largest absolute Gasteiger partial charge is 0.755 e. The second-order valence-corrected chi connectivity index (χ2v) is 8.68. The molecular formula is C24H25N4O3S-. The number of rotatable bonds is 8. The highest BCUT2D eigenvalue weighted by atomic mass is 32.2. The Labute approximate surface area is 189 Å². The number of aryl methyl sites for hydroxylation is 1. The highest BCUT2D eigenvalue weighted by molar-refractivity contribution is 7.77. The van der Waals surface area contributed by atoms with Gasteiger partial charge in [-0.2, -0.15) is 0 Å². The van der Waals surface area contributed by atoms with E-state index in [1.165, 1.54) is 0 Å². The van der Waals surface area contributed by atoms with Gasteiger partial charge in [-0.05, 0) is 43.0 Å². The number of nitrogens with zero attached hydrogens (tertiary/aromatic N) is 4. The van der Waals surface area contributed by atoms with Crippen LogP contribution in [0, 0.1) is 6.92 Å². The molecule has 32 heavy (non-hydrogen) atoms. The van der Waals surface area contributed by atoms with Crippen molar-refractivity contribution >= 4 is 39.0 Å². The number of unbranched alkanes of at least 4 members (excludes halogenated alkanes) is 2. The fourth-order valence-electron chi connectivity index (χ4n) is 3.85. The summed E-state index contributed by atoms with van der Waals surface area (Å²) in [5.41, 5.74) is 2.73. The van der Waals surface area contributed by atoms with Crippen LogP contribution < -0.4 is 0 Å². The van der Waals surface area contributed by atoms with E-state index in [1.807, 2.05) is 54.9 Å². The van der Waals surface area contributed by atoms with Gasteiger partial charge < -0.3 is 9.12 Å². The van der Waals surface area contributed by atoms with Crippen LogP contribution in [0.4, 0.5) is 0 Å². The van der Waals surface area contributed by atoms with E-state index in [0.717, 1.165) is 50.5 Å². The molecule has 4 rings (SSSR count). The number of carbonyl (C=O) groups excluding carboxylic acids is 1. The summed E-state index contributed by atoms with van der Waals surface area (Å²) < 4.78 is 26.2. The minimum absolute atomic E-state index is 0.181. The summed E-state index contributed by atoms with van der Waals surface area (Å²) >= 11 is -2.61. The SMILES string of the molecule is CCCCCN(C(=O)c1ccc2nc(C)n(Cc3cc4ccccc4cn3)c2c1)S(=O)[O-]. The molecule has 0 bridgehead atoms. The smallest absolute Gasteiger partial charge is 0.264 e. The van der Waals surface area contributed by atoms with E-state index in [-0.39, 0.29) is 6.54 Å². The van der Waals surface area contributed by atoms with E-state index in [0.29, 0.717) is 18.5 Å². The van der Waals surface area contributed by atoms with Gasteiger partial charge in [0, 0.05) is 35.0 Å². The van der Waals surface area contributed by atoms with E-state index >= 15 is 0 Å². The van der Waals surface area contributed by atoms with Gasteiger partial charge >= 0.3 is 0 Å². The zero-order valence-corrected chi connectivity index (χ0v) is 19.0. The first-order chi connectivity index (χ1) is 15.5. The van der Waals surface area contributed by atoms with Crippen LogP contribution in [0.15, 0.2) is 54.7 Å². The summed E-state index contributed by atoms with van der Waals surface area (Å²) in [5, 5.41) is 2.18. The van der Waals surface area contributed by atoms with Crippen LogP contribution in [-0.2, 0) is 17.8 Å². The zero-order chi connectivity index (χ0) is 22.7. The Balaban J connectivity index is 1.66. The summed E-state index contributed by atoms with van der Waals surface area (Å²) in [6, 6.07) is 15.2. The molecule has 4 aromatic rings. The molecule has 0 fully saturated rings. The van der Waals surface area contributed by atoms with Gasteiger partial charge in [-0.1, -0.05) is 44.0 Å². The number of amides is 1. The molecule has 1 amide bonds. The van der Waals surface area contributed by atoms with Crippen molar-refractivity contribution in [1.82, 2.24) is 18.8 Å². The molecule has 0 aliphatic rings. The third-order valence-electron chi connectivity index (χ3n) is 5.56. The minimum atomic E-state index is -2.61. The first-order valence-electron chi connectivity index (χ1n) is 10.7. The number of hydrogen-bond acceptors (Lipinski definition) is 5. The van der Waals surface area contributed by atoms with E-state index in [4.69, 9.17) is 0 Å². The van der Waals surface area contributed by atoms with Crippen molar-refractivity contribution in [2.75, 3.05) is 6.54 Å². The topological polar surface area (TPSA) is 91.2 Å². The third-order valence-corrected chi connectivity index (χ3v) is 6.27. The summed E-state index contributed by atoms with van der Waals surface area (Å²) in [7, 11) is 0. The van der Waals surface area contributed by atoms with Gasteiger partial charge in [-0.15, -0.1) is 0 Å². The molecule has 0 saturated heterocycles. The zero-order valence-electron chi connectivity index (χ0n) is 18.2. The van der Waals surface area contributed by atoms with Crippen LogP contribution in [0.2, 0.25) is 0 Å². The van der Waals surface area contributed by atoms with Crippen molar-refractivity contribution < 1.29 is 13.6 Å². The van der Waals surface area contributed by atoms with Crippen LogP contribution >= 0.6 is 0 Å². The second kappa shape index (κ2) is 9.58. The van der Waals surface area contributed by atoms with Crippen molar-refractivity contribution in [3.8, 4) is 0 Å². The van der Waals surface area contributed by atoms with E-state index < -0.39 is 17.2 Å². The molecule has 8 heteroatoms. The number of benzene rings is 2. The van der Waals surface area contributed by atoms with Gasteiger partial charge in [0.15, 0.2) is 0 Å². The maximum atomic E-state index is 12.9. The first kappa shape index (κ1) is 22.1. The fraction of sp³-hybridized carbons (Fsp3) is 0.292. The molecular weight excluding hydrogens is 424 g/mol. The van der Waals surface area contributed by atoms with Gasteiger partial charge in [-0.25, -0.2) is 4.98 Å². The lowest BCUT2D eigenvalue weighted by molar-refractivity contribution is 0.0857. The molecule has 0 N–H and O–H groups in total. The Morgan fingerprint density at radius 1 is 1.12 bits per heavy atom. The maximum Gasteiger partial charge on any atom is 0.264 e. The number of hydrogen-bond donors (Lipinski definition) is 0. The molecule has 0 saturated carbocycles. The Kier molecular flexibility index (Phi) is 6.62. The van der Waals surface area contributed by atoms with Gasteiger partial charge in [0.1, 0.15) is 5.82 Å². The van der Waals surface area contributed by atoms with E-state index in [2.05, 4.69) is 9.97 Å². The first-order valence-corrected chi connectivity index (χ1v) is 11.7. The number of fused-ring (bicyclic) bond motifs is 2. The fourth-order valence-corrected chi connectivity index (χ4v) is 4.37. The Morgan fingerprint density at radius 3 is 2.66 bits per heavy atom. The quantitative estimate of drug-likeness (QED) is 0.294. The Bertz CT molecular complexity index is 1300. The third kappa shape index (κ3) is 4.56. The molecule has 166 valence electrons. The van der Waals surface area contributed by atoms with Crippen LogP contribution in [0.5, 0.6) is 0 Å². The predicted molar refractivity (Wildman–Crippen MR) is 125 cm³/mol. The lowest BCUT2D eigenvalue weighted by Crippen LogP contribution is -2.33. The van der Waals surface area contributed by atoms with E-state index in [9.17, 15) is 13.6 Å². The van der Waals surface area contributed by atoms with E-state index in [1.54, 1.807) is 18.2 Å². The normalized spacial score (nSPS) is 12.3. The summed E-state index contributed by atoms with van der Waals surface area (Å²) in [5.74, 6) is 0.275. The monoisotopic (exact) mass is 449 g/mol. The molecule has 0 aliphatic carbocycles. The van der Waals surface area contributed by atoms with Crippen molar-refractivity contribution in [2.45, 2.75) is 39.7 Å². The van der Waals surface area contributed by atoms with Crippen LogP contribution in [0.1, 0.15) is 48.1 Å². The minimum Gasteiger partial charge on any atom is -0.755 e. The molecule has 1 atom stereocenters. The Morgan fingerprint density at radius 2 is 1.91 bits per heavy atom. The standard InChI is InChI=1S/C24H26N4O3S/c1-3-4-7-12-28(32(30)31)24(29)19-10-11-22-23(14-19)27(17(2)26-22)16-21-13-18-8-5-6-9-20(18)15-25-21/h5-6,8-11,13-15H,3-4,7,12,16H2,1-2H3,(H,30,31)/p-1. The number of aromatic nitrogens is 3. The number of pyridine rings is 1. The molecule has 2 heterocycles. The molecule has 7 nitrogen and oxygen atoms in total. The average molecular weight is 450 g/mol. The van der Waals surface area contributed by atoms with Gasteiger partial charge in [0.05, 0.1) is 23.3 Å². The predicted octanol–water partition coefficient (Wildman–Crippen LogP) is 4.37. The van der Waals surface area contributed by atoms with Crippen molar-refractivity contribution in [3.63, 3.8) is 0 Å². The highest BCUT2D eigenvalue weighted by Crippen LogP contribution is 2.22. The number of carbonyl (C=O) groups is 1. The lowest BCUT2D eigenvalue weighted by atomic mass is 10.1. The van der Waals surface area contributed by atoms with Crippen molar-refractivity contribution in [1.29, 1.82) is 0 Å². The summed E-state index contributed by atoms with van der Waals surface area (Å²) in [4.78, 5) is 22.1. The molecule has 2 aromatic carbocycles. The van der Waals surface area contributed by atoms with Crippen LogP contribution in [0.25, 0.3) is 21.8 Å². The van der Waals surface area contributed by atoms with Crippen LogP contribution in [0.3, 0.4) is 0 Å². The molecule has 0 aliphatic heterocycles. The van der Waals surface area contributed by atoms with Crippen molar-refractivity contribution in [3.05, 3.63) is 71.8 Å².